The summed E-state index contributed by atoms with van der Waals surface area (Å²) in [4.78, 5) is 13.3. The number of thiophene rings is 1. The molecule has 3 N–H and O–H groups in total. The number of rotatable bonds is 5. The van der Waals surface area contributed by atoms with Gasteiger partial charge >= 0.3 is 0 Å². The van der Waals surface area contributed by atoms with E-state index < -0.39 is 0 Å². The van der Waals surface area contributed by atoms with Crippen molar-refractivity contribution in [3.05, 3.63) is 22.6 Å². The molecule has 4 rings (SSSR count). The minimum Gasteiger partial charge on any atom is -0.496 e. The number of benzene rings is 1. The zero-order chi connectivity index (χ0) is 18.8. The zero-order valence-corrected chi connectivity index (χ0v) is 15.9. The minimum atomic E-state index is -0.321. The molecule has 27 heavy (non-hydrogen) atoms. The highest BCUT2D eigenvalue weighted by Gasteiger charge is 2.25. The van der Waals surface area contributed by atoms with E-state index in [-0.39, 0.29) is 18.0 Å². The van der Waals surface area contributed by atoms with Gasteiger partial charge in [-0.25, -0.2) is 0 Å². The lowest BCUT2D eigenvalue weighted by Crippen LogP contribution is -2.34. The average molecular weight is 388 g/mol. The van der Waals surface area contributed by atoms with E-state index in [4.69, 9.17) is 9.47 Å². The van der Waals surface area contributed by atoms with E-state index in [0.29, 0.717) is 10.6 Å². The molecule has 0 unspecified atom stereocenters. The van der Waals surface area contributed by atoms with Crippen LogP contribution < -0.4 is 20.1 Å². The summed E-state index contributed by atoms with van der Waals surface area (Å²) in [6.45, 7) is 3.78. The molecule has 1 amide bonds. The maximum atomic E-state index is 12.8. The number of tetrazole rings is 1. The molecule has 0 radical (unpaired) electrons. The Hall–Kier alpha value is -2.72. The second-order valence-electron chi connectivity index (χ2n) is 6.34. The van der Waals surface area contributed by atoms with Crippen LogP contribution in [0.15, 0.2) is 12.1 Å². The van der Waals surface area contributed by atoms with Gasteiger partial charge < -0.3 is 14.8 Å². The number of aryl methyl sites for hydroxylation is 1. The zero-order valence-electron chi connectivity index (χ0n) is 15.0. The van der Waals surface area contributed by atoms with E-state index in [9.17, 15) is 4.79 Å². The number of hydrogen-bond acceptors (Lipinski definition) is 8. The molecule has 1 aromatic carbocycles. The van der Waals surface area contributed by atoms with Crippen LogP contribution >= 0.6 is 11.3 Å². The predicted octanol–water partition coefficient (Wildman–Crippen LogP) is 2.11. The number of nitrogens with one attached hydrogen (secondary N) is 3. The second kappa shape index (κ2) is 7.49. The Balaban J connectivity index is 1.75. The van der Waals surface area contributed by atoms with Crippen LogP contribution in [0.5, 0.6) is 11.5 Å². The van der Waals surface area contributed by atoms with Crippen molar-refractivity contribution in [3.8, 4) is 11.5 Å². The number of carbonyl (C=O) groups is 1. The first-order valence-electron chi connectivity index (χ1n) is 8.69. The Morgan fingerprint density at radius 3 is 2.85 bits per heavy atom. The minimum absolute atomic E-state index is 0.0630. The standard InChI is InChI=1S/C17H20N6O3S/c1-9-7-13-11(8-12(9)25-2)14(26-10-3-5-18-6-4-10)15(27-13)16(24)19-17-20-22-23-21-17/h7-8,10,18H,3-6H2,1-2H3,(H2,19,20,21,22,23,24). The Kier molecular flexibility index (Phi) is 4.90. The number of carbonyl (C=O) groups excluding carboxylic acids is 1. The molecule has 0 atom stereocenters. The fourth-order valence-electron chi connectivity index (χ4n) is 3.14. The molecule has 10 heteroatoms. The van der Waals surface area contributed by atoms with Crippen molar-refractivity contribution < 1.29 is 14.3 Å². The van der Waals surface area contributed by atoms with Crippen LogP contribution in [0.2, 0.25) is 0 Å². The normalized spacial score (nSPS) is 15.0. The molecule has 0 bridgehead atoms. The molecule has 9 nitrogen and oxygen atoms in total. The van der Waals surface area contributed by atoms with Crippen LogP contribution in [0.25, 0.3) is 10.1 Å². The molecule has 0 saturated carbocycles. The lowest BCUT2D eigenvalue weighted by Gasteiger charge is -2.24. The number of methoxy groups -OCH3 is 1. The Labute approximate surface area is 159 Å². The third-order valence-electron chi connectivity index (χ3n) is 4.51. The quantitative estimate of drug-likeness (QED) is 0.613. The van der Waals surface area contributed by atoms with Crippen molar-refractivity contribution in [2.75, 3.05) is 25.5 Å². The van der Waals surface area contributed by atoms with Crippen LogP contribution in [-0.4, -0.2) is 52.8 Å². The van der Waals surface area contributed by atoms with Crippen molar-refractivity contribution >= 4 is 33.3 Å². The summed E-state index contributed by atoms with van der Waals surface area (Å²) < 4.78 is 12.7. The van der Waals surface area contributed by atoms with Crippen LogP contribution in [0.1, 0.15) is 28.1 Å². The Bertz CT molecular complexity index is 949. The number of piperidine rings is 1. The van der Waals surface area contributed by atoms with E-state index in [1.165, 1.54) is 11.3 Å². The van der Waals surface area contributed by atoms with E-state index in [2.05, 4.69) is 31.3 Å². The van der Waals surface area contributed by atoms with Gasteiger partial charge in [-0.05, 0) is 55.8 Å². The van der Waals surface area contributed by atoms with Gasteiger partial charge in [0.25, 0.3) is 11.9 Å². The fourth-order valence-corrected chi connectivity index (χ4v) is 4.25. The van der Waals surface area contributed by atoms with Gasteiger partial charge in [0.2, 0.25) is 0 Å². The lowest BCUT2D eigenvalue weighted by atomic mass is 10.1. The summed E-state index contributed by atoms with van der Waals surface area (Å²) in [6, 6.07) is 3.95. The molecule has 3 heterocycles. The van der Waals surface area contributed by atoms with Crippen LogP contribution in [-0.2, 0) is 0 Å². The van der Waals surface area contributed by atoms with Crippen molar-refractivity contribution in [2.45, 2.75) is 25.9 Å². The van der Waals surface area contributed by atoms with Gasteiger partial charge in [0, 0.05) is 10.1 Å². The highest BCUT2D eigenvalue weighted by atomic mass is 32.1. The number of nitrogens with zero attached hydrogens (tertiary/aromatic N) is 3. The van der Waals surface area contributed by atoms with E-state index >= 15 is 0 Å². The van der Waals surface area contributed by atoms with Crippen LogP contribution in [0.3, 0.4) is 0 Å². The Morgan fingerprint density at radius 1 is 1.33 bits per heavy atom. The van der Waals surface area contributed by atoms with Crippen LogP contribution in [0, 0.1) is 6.92 Å². The van der Waals surface area contributed by atoms with Gasteiger partial charge in [0.05, 0.1) is 7.11 Å². The molecule has 2 aromatic heterocycles. The first kappa shape index (κ1) is 17.7. The molecule has 1 aliphatic heterocycles. The summed E-state index contributed by atoms with van der Waals surface area (Å²) >= 11 is 1.38. The molecule has 3 aromatic rings. The highest BCUT2D eigenvalue weighted by molar-refractivity contribution is 7.21. The molecule has 1 aliphatic rings. The van der Waals surface area contributed by atoms with Gasteiger partial charge in [0.1, 0.15) is 16.7 Å². The van der Waals surface area contributed by atoms with E-state index in [1.54, 1.807) is 7.11 Å². The molecular weight excluding hydrogens is 368 g/mol. The van der Waals surface area contributed by atoms with Crippen molar-refractivity contribution in [1.82, 2.24) is 25.9 Å². The maximum absolute atomic E-state index is 12.8. The van der Waals surface area contributed by atoms with Crippen molar-refractivity contribution in [1.29, 1.82) is 0 Å². The third kappa shape index (κ3) is 3.58. The number of fused-ring (bicyclic) bond motifs is 1. The van der Waals surface area contributed by atoms with Gasteiger partial charge in [-0.15, -0.1) is 16.4 Å². The average Bonchev–Trinajstić information content (AvgIpc) is 3.30. The fraction of sp³-hybridized carbons (Fsp3) is 0.412. The topological polar surface area (TPSA) is 114 Å². The Morgan fingerprint density at radius 2 is 2.15 bits per heavy atom. The summed E-state index contributed by atoms with van der Waals surface area (Å²) in [7, 11) is 1.64. The maximum Gasteiger partial charge on any atom is 0.272 e. The highest BCUT2D eigenvalue weighted by Crippen LogP contribution is 2.42. The summed E-state index contributed by atoms with van der Waals surface area (Å²) in [5.74, 6) is 1.15. The van der Waals surface area contributed by atoms with Gasteiger partial charge in [0.15, 0.2) is 5.75 Å². The van der Waals surface area contributed by atoms with Crippen molar-refractivity contribution in [3.63, 3.8) is 0 Å². The predicted molar refractivity (Wildman–Crippen MR) is 102 cm³/mol. The molecular formula is C17H20N6O3S. The van der Waals surface area contributed by atoms with Gasteiger partial charge in [-0.2, -0.15) is 5.21 Å². The van der Waals surface area contributed by atoms with E-state index in [1.807, 2.05) is 19.1 Å². The van der Waals surface area contributed by atoms with Gasteiger partial charge in [-0.3, -0.25) is 10.1 Å². The SMILES string of the molecule is COc1cc2c(OC3CCNCC3)c(C(=O)Nc3nn[nH]n3)sc2cc1C. The number of H-pyrrole nitrogens is 1. The first-order chi connectivity index (χ1) is 13.2. The van der Waals surface area contributed by atoms with E-state index in [0.717, 1.165) is 47.3 Å². The molecule has 0 aliphatic carbocycles. The molecule has 1 saturated heterocycles. The summed E-state index contributed by atoms with van der Waals surface area (Å²) in [5, 5.41) is 20.2. The number of hydrogen-bond donors (Lipinski definition) is 3. The van der Waals surface area contributed by atoms with Gasteiger partial charge in [-0.1, -0.05) is 5.10 Å². The lowest BCUT2D eigenvalue weighted by molar-refractivity contribution is 0.102. The smallest absolute Gasteiger partial charge is 0.272 e. The van der Waals surface area contributed by atoms with Crippen molar-refractivity contribution in [2.24, 2.45) is 0 Å². The third-order valence-corrected chi connectivity index (χ3v) is 5.64. The first-order valence-corrected chi connectivity index (χ1v) is 9.50. The number of amides is 1. The summed E-state index contributed by atoms with van der Waals surface area (Å²) in [6.07, 6.45) is 1.85. The monoisotopic (exact) mass is 388 g/mol. The summed E-state index contributed by atoms with van der Waals surface area (Å²) in [5.41, 5.74) is 1.00. The second-order valence-corrected chi connectivity index (χ2v) is 7.39. The molecule has 142 valence electrons. The molecule has 1 fully saturated rings. The largest absolute Gasteiger partial charge is 0.496 e. The number of aromatic amines is 1. The molecule has 0 spiro atoms. The number of aromatic nitrogens is 4. The number of ether oxygens (including phenoxy) is 2. The number of anilines is 1. The van der Waals surface area contributed by atoms with Crippen LogP contribution in [0.4, 0.5) is 5.95 Å².